The number of esters is 1. The first-order chi connectivity index (χ1) is 19.6. The zero-order valence-corrected chi connectivity index (χ0v) is 26.9. The normalized spacial score (nSPS) is 12.2. The number of carbonyl (C=O) groups excluding carboxylic acids is 1. The van der Waals surface area contributed by atoms with Gasteiger partial charge in [0, 0.05) is 12.8 Å². The van der Waals surface area contributed by atoms with Crippen molar-refractivity contribution in [2.45, 2.75) is 206 Å². The third-order valence-corrected chi connectivity index (χ3v) is 7.99. The quantitative estimate of drug-likeness (QED) is 0.0501. The van der Waals surface area contributed by atoms with Crippen LogP contribution in [-0.2, 0) is 14.3 Å². The molecule has 0 aliphatic rings. The summed E-state index contributed by atoms with van der Waals surface area (Å²) in [5.74, 6) is -0.867. The first kappa shape index (κ1) is 38.7. The van der Waals surface area contributed by atoms with Crippen LogP contribution in [0.15, 0.2) is 12.2 Å². The van der Waals surface area contributed by atoms with Gasteiger partial charge in [-0.3, -0.25) is 9.59 Å². The van der Waals surface area contributed by atoms with Crippen LogP contribution in [0.5, 0.6) is 0 Å². The van der Waals surface area contributed by atoms with Crippen LogP contribution < -0.4 is 0 Å². The summed E-state index contributed by atoms with van der Waals surface area (Å²) in [6.45, 7) is 4.53. The highest BCUT2D eigenvalue weighted by atomic mass is 16.5. The fourth-order valence-corrected chi connectivity index (χ4v) is 5.36. The summed E-state index contributed by atoms with van der Waals surface area (Å²) in [7, 11) is 0. The summed E-state index contributed by atoms with van der Waals surface area (Å²) >= 11 is 0. The molecule has 1 atom stereocenters. The smallest absolute Gasteiger partial charge is 0.306 e. The maximum Gasteiger partial charge on any atom is 0.306 e. The molecule has 0 aromatic rings. The van der Waals surface area contributed by atoms with E-state index >= 15 is 0 Å². The largest absolute Gasteiger partial charge is 0.481 e. The molecule has 4 nitrogen and oxygen atoms in total. The average Bonchev–Trinajstić information content (AvgIpc) is 2.93. The molecule has 0 saturated heterocycles. The average molecular weight is 565 g/mol. The van der Waals surface area contributed by atoms with Crippen molar-refractivity contribution in [3.8, 4) is 0 Å². The molecular formula is C36H68O4. The molecule has 0 aliphatic heterocycles. The SMILES string of the molecule is CCCCCCCC/C=C\CCCCCCCC(=O)O[C@@H](CCCCCCCCCCCCC)CCCC(=O)O. The summed E-state index contributed by atoms with van der Waals surface area (Å²) < 4.78 is 5.80. The van der Waals surface area contributed by atoms with Crippen molar-refractivity contribution >= 4 is 11.9 Å². The van der Waals surface area contributed by atoms with Gasteiger partial charge in [-0.2, -0.15) is 0 Å². The van der Waals surface area contributed by atoms with E-state index < -0.39 is 5.97 Å². The molecule has 0 rings (SSSR count). The van der Waals surface area contributed by atoms with Crippen molar-refractivity contribution in [2.24, 2.45) is 0 Å². The Morgan fingerprint density at radius 3 is 1.40 bits per heavy atom. The Kier molecular flexibility index (Phi) is 31.1. The lowest BCUT2D eigenvalue weighted by atomic mass is 10.0. The predicted octanol–water partition coefficient (Wildman–Crippen LogP) is 11.9. The van der Waals surface area contributed by atoms with E-state index in [2.05, 4.69) is 26.0 Å². The molecule has 0 aliphatic carbocycles. The van der Waals surface area contributed by atoms with Crippen molar-refractivity contribution in [3.05, 3.63) is 12.2 Å². The van der Waals surface area contributed by atoms with Crippen molar-refractivity contribution in [2.75, 3.05) is 0 Å². The van der Waals surface area contributed by atoms with Crippen molar-refractivity contribution in [1.82, 2.24) is 0 Å². The van der Waals surface area contributed by atoms with Crippen molar-refractivity contribution < 1.29 is 19.4 Å². The minimum Gasteiger partial charge on any atom is -0.481 e. The van der Waals surface area contributed by atoms with E-state index in [9.17, 15) is 9.59 Å². The summed E-state index contributed by atoms with van der Waals surface area (Å²) in [6, 6.07) is 0. The lowest BCUT2D eigenvalue weighted by Gasteiger charge is -2.18. The van der Waals surface area contributed by atoms with E-state index in [1.54, 1.807) is 0 Å². The number of carboxylic acid groups (broad SMARTS) is 1. The first-order valence-corrected chi connectivity index (χ1v) is 17.7. The number of hydrogen-bond donors (Lipinski definition) is 1. The van der Waals surface area contributed by atoms with E-state index in [-0.39, 0.29) is 18.5 Å². The fraction of sp³-hybridized carbons (Fsp3) is 0.889. The van der Waals surface area contributed by atoms with Gasteiger partial charge in [-0.25, -0.2) is 0 Å². The number of rotatable bonds is 32. The molecule has 0 spiro atoms. The highest BCUT2D eigenvalue weighted by Crippen LogP contribution is 2.18. The van der Waals surface area contributed by atoms with Crippen LogP contribution in [0.25, 0.3) is 0 Å². The van der Waals surface area contributed by atoms with E-state index in [1.807, 2.05) is 0 Å². The van der Waals surface area contributed by atoms with E-state index in [1.165, 1.54) is 135 Å². The predicted molar refractivity (Wildman–Crippen MR) is 172 cm³/mol. The Hall–Kier alpha value is -1.32. The number of ether oxygens (including phenoxy) is 1. The standard InChI is InChI=1S/C36H68O4/c1-3-5-7-9-11-13-15-16-17-18-20-22-24-26-28-33-36(39)40-34(31-29-32-35(37)38)30-27-25-23-21-19-14-12-10-8-6-4-2/h16-17,34H,3-15,18-33H2,1-2H3,(H,37,38)/b17-16-/t34-/m0/s1. The Balaban J connectivity index is 3.83. The van der Waals surface area contributed by atoms with Crippen LogP contribution in [0, 0.1) is 0 Å². The minimum atomic E-state index is -0.770. The van der Waals surface area contributed by atoms with Crippen LogP contribution in [0.1, 0.15) is 200 Å². The van der Waals surface area contributed by atoms with Gasteiger partial charge in [-0.1, -0.05) is 142 Å². The number of carbonyl (C=O) groups is 2. The Morgan fingerprint density at radius 2 is 0.925 bits per heavy atom. The van der Waals surface area contributed by atoms with Crippen molar-refractivity contribution in [1.29, 1.82) is 0 Å². The molecule has 0 aromatic carbocycles. The van der Waals surface area contributed by atoms with Gasteiger partial charge in [0.15, 0.2) is 0 Å². The molecule has 0 saturated carbocycles. The van der Waals surface area contributed by atoms with E-state index in [0.29, 0.717) is 19.3 Å². The van der Waals surface area contributed by atoms with Gasteiger partial charge in [0.05, 0.1) is 0 Å². The van der Waals surface area contributed by atoms with Gasteiger partial charge in [0.25, 0.3) is 0 Å². The van der Waals surface area contributed by atoms with Gasteiger partial charge >= 0.3 is 11.9 Å². The number of unbranched alkanes of at least 4 members (excludes halogenated alkanes) is 21. The van der Waals surface area contributed by atoms with Crippen LogP contribution in [0.2, 0.25) is 0 Å². The number of carboxylic acids is 1. The Morgan fingerprint density at radius 1 is 0.525 bits per heavy atom. The highest BCUT2D eigenvalue weighted by molar-refractivity contribution is 5.69. The van der Waals surface area contributed by atoms with Crippen molar-refractivity contribution in [3.63, 3.8) is 0 Å². The number of aliphatic carboxylic acids is 1. The lowest BCUT2D eigenvalue weighted by Crippen LogP contribution is -2.18. The van der Waals surface area contributed by atoms with Crippen LogP contribution >= 0.6 is 0 Å². The molecule has 0 fully saturated rings. The van der Waals surface area contributed by atoms with Crippen LogP contribution in [-0.4, -0.2) is 23.1 Å². The summed E-state index contributed by atoms with van der Waals surface area (Å²) in [4.78, 5) is 23.4. The van der Waals surface area contributed by atoms with Crippen LogP contribution in [0.4, 0.5) is 0 Å². The second kappa shape index (κ2) is 32.2. The molecule has 236 valence electrons. The molecule has 40 heavy (non-hydrogen) atoms. The molecule has 0 radical (unpaired) electrons. The molecule has 0 unspecified atom stereocenters. The molecule has 4 heteroatoms. The zero-order chi connectivity index (χ0) is 29.4. The van der Waals surface area contributed by atoms with E-state index in [4.69, 9.17) is 9.84 Å². The topological polar surface area (TPSA) is 63.6 Å². The summed E-state index contributed by atoms with van der Waals surface area (Å²) in [6.07, 6.45) is 37.9. The molecule has 0 aromatic heterocycles. The van der Waals surface area contributed by atoms with Gasteiger partial charge in [0.2, 0.25) is 0 Å². The molecule has 0 heterocycles. The monoisotopic (exact) mass is 565 g/mol. The van der Waals surface area contributed by atoms with Gasteiger partial charge < -0.3 is 9.84 Å². The molecule has 0 bridgehead atoms. The second-order valence-electron chi connectivity index (χ2n) is 12.1. The molecular weight excluding hydrogens is 496 g/mol. The maximum atomic E-state index is 12.4. The van der Waals surface area contributed by atoms with E-state index in [0.717, 1.165) is 25.7 Å². The number of allylic oxidation sites excluding steroid dienone is 2. The number of hydrogen-bond acceptors (Lipinski definition) is 3. The van der Waals surface area contributed by atoms with Gasteiger partial charge in [-0.15, -0.1) is 0 Å². The third-order valence-electron chi connectivity index (χ3n) is 7.99. The summed E-state index contributed by atoms with van der Waals surface area (Å²) in [5.41, 5.74) is 0. The maximum absolute atomic E-state index is 12.4. The third kappa shape index (κ3) is 31.2. The summed E-state index contributed by atoms with van der Waals surface area (Å²) in [5, 5.41) is 8.98. The fourth-order valence-electron chi connectivity index (χ4n) is 5.36. The zero-order valence-electron chi connectivity index (χ0n) is 26.9. The molecule has 1 N–H and O–H groups in total. The van der Waals surface area contributed by atoms with Gasteiger partial charge in [0.1, 0.15) is 6.10 Å². The second-order valence-corrected chi connectivity index (χ2v) is 12.1. The minimum absolute atomic E-state index is 0.0963. The van der Waals surface area contributed by atoms with Crippen LogP contribution in [0.3, 0.4) is 0 Å². The molecule has 0 amide bonds. The Labute approximate surface area is 249 Å². The Bertz CT molecular complexity index is 571. The lowest BCUT2D eigenvalue weighted by molar-refractivity contribution is -0.150. The highest BCUT2D eigenvalue weighted by Gasteiger charge is 2.15. The first-order valence-electron chi connectivity index (χ1n) is 17.7. The van der Waals surface area contributed by atoms with Gasteiger partial charge in [-0.05, 0) is 57.8 Å².